The Labute approximate surface area is 74.5 Å². The molecule has 0 bridgehead atoms. The van der Waals surface area contributed by atoms with Crippen molar-refractivity contribution in [3.63, 3.8) is 0 Å². The predicted octanol–water partition coefficient (Wildman–Crippen LogP) is 0.263. The van der Waals surface area contributed by atoms with E-state index in [0.717, 1.165) is 0 Å². The van der Waals surface area contributed by atoms with Crippen LogP contribution in [0.1, 0.15) is 21.0 Å². The SMILES string of the molecule is COC(=O)c1ccc(N)c(C=O)n1. The van der Waals surface area contributed by atoms with E-state index in [4.69, 9.17) is 5.73 Å². The average Bonchev–Trinajstić information content (AvgIpc) is 2.17. The first-order chi connectivity index (χ1) is 6.19. The van der Waals surface area contributed by atoms with Crippen molar-refractivity contribution in [3.8, 4) is 0 Å². The molecule has 0 fully saturated rings. The summed E-state index contributed by atoms with van der Waals surface area (Å²) in [6.45, 7) is 0. The number of hydrogen-bond donors (Lipinski definition) is 1. The summed E-state index contributed by atoms with van der Waals surface area (Å²) in [4.78, 5) is 25.0. The minimum absolute atomic E-state index is 0.0444. The summed E-state index contributed by atoms with van der Waals surface area (Å²) in [5.74, 6) is -0.594. The summed E-state index contributed by atoms with van der Waals surface area (Å²) in [5, 5.41) is 0. The van der Waals surface area contributed by atoms with Crippen LogP contribution in [-0.2, 0) is 4.74 Å². The number of methoxy groups -OCH3 is 1. The van der Waals surface area contributed by atoms with E-state index >= 15 is 0 Å². The Kier molecular flexibility index (Phi) is 2.59. The van der Waals surface area contributed by atoms with Crippen LogP contribution < -0.4 is 5.73 Å². The maximum Gasteiger partial charge on any atom is 0.356 e. The van der Waals surface area contributed by atoms with Gasteiger partial charge in [-0.2, -0.15) is 0 Å². The maximum absolute atomic E-state index is 11.0. The second-order valence-corrected chi connectivity index (χ2v) is 2.28. The van der Waals surface area contributed by atoms with Crippen molar-refractivity contribution >= 4 is 17.9 Å². The quantitative estimate of drug-likeness (QED) is 0.521. The van der Waals surface area contributed by atoms with Gasteiger partial charge in [-0.1, -0.05) is 0 Å². The van der Waals surface area contributed by atoms with Gasteiger partial charge in [-0.25, -0.2) is 9.78 Å². The molecule has 0 aliphatic rings. The number of nitrogens with two attached hydrogens (primary N) is 1. The molecule has 0 saturated heterocycles. The molecule has 0 amide bonds. The zero-order valence-electron chi connectivity index (χ0n) is 6.98. The molecule has 1 rings (SSSR count). The van der Waals surface area contributed by atoms with E-state index in [1.165, 1.54) is 19.2 Å². The Morgan fingerprint density at radius 2 is 2.31 bits per heavy atom. The molecule has 13 heavy (non-hydrogen) atoms. The number of carbonyl (C=O) groups excluding carboxylic acids is 2. The molecule has 0 radical (unpaired) electrons. The largest absolute Gasteiger partial charge is 0.464 e. The zero-order valence-corrected chi connectivity index (χ0v) is 6.98. The fourth-order valence-corrected chi connectivity index (χ4v) is 0.798. The summed E-state index contributed by atoms with van der Waals surface area (Å²) in [7, 11) is 1.24. The monoisotopic (exact) mass is 180 g/mol. The fraction of sp³-hybridized carbons (Fsp3) is 0.125. The van der Waals surface area contributed by atoms with E-state index in [1.807, 2.05) is 0 Å². The highest BCUT2D eigenvalue weighted by molar-refractivity contribution is 5.90. The fourth-order valence-electron chi connectivity index (χ4n) is 0.798. The molecule has 0 aliphatic carbocycles. The van der Waals surface area contributed by atoms with Gasteiger partial charge in [-0.15, -0.1) is 0 Å². The third-order valence-electron chi connectivity index (χ3n) is 1.46. The lowest BCUT2D eigenvalue weighted by Gasteiger charge is -2.00. The number of esters is 1. The molecule has 0 aromatic carbocycles. The van der Waals surface area contributed by atoms with E-state index < -0.39 is 5.97 Å². The van der Waals surface area contributed by atoms with Crippen LogP contribution in [0.3, 0.4) is 0 Å². The summed E-state index contributed by atoms with van der Waals surface area (Å²) in [6, 6.07) is 2.83. The highest BCUT2D eigenvalue weighted by atomic mass is 16.5. The van der Waals surface area contributed by atoms with Crippen LogP contribution in [0, 0.1) is 0 Å². The Morgan fingerprint density at radius 1 is 1.62 bits per heavy atom. The van der Waals surface area contributed by atoms with Crippen molar-refractivity contribution in [1.82, 2.24) is 4.98 Å². The number of aldehydes is 1. The number of nitrogen functional groups attached to an aromatic ring is 1. The second kappa shape index (κ2) is 3.66. The van der Waals surface area contributed by atoms with Crippen molar-refractivity contribution in [2.24, 2.45) is 0 Å². The van der Waals surface area contributed by atoms with Gasteiger partial charge in [0.05, 0.1) is 12.8 Å². The third-order valence-corrected chi connectivity index (χ3v) is 1.46. The number of pyridine rings is 1. The maximum atomic E-state index is 11.0. The Hall–Kier alpha value is -1.91. The number of carbonyl (C=O) groups is 2. The number of ether oxygens (including phenoxy) is 1. The Balaban J connectivity index is 3.13. The van der Waals surface area contributed by atoms with Gasteiger partial charge in [0.1, 0.15) is 11.4 Å². The molecule has 5 heteroatoms. The normalized spacial score (nSPS) is 9.31. The highest BCUT2D eigenvalue weighted by Crippen LogP contribution is 2.07. The lowest BCUT2D eigenvalue weighted by Crippen LogP contribution is -2.07. The van der Waals surface area contributed by atoms with Crippen molar-refractivity contribution in [2.75, 3.05) is 12.8 Å². The van der Waals surface area contributed by atoms with Crippen LogP contribution in [-0.4, -0.2) is 24.3 Å². The molecular weight excluding hydrogens is 172 g/mol. The van der Waals surface area contributed by atoms with E-state index in [0.29, 0.717) is 6.29 Å². The van der Waals surface area contributed by atoms with Crippen LogP contribution in [0.2, 0.25) is 0 Å². The average molecular weight is 180 g/mol. The van der Waals surface area contributed by atoms with Crippen molar-refractivity contribution in [1.29, 1.82) is 0 Å². The summed E-state index contributed by atoms with van der Waals surface area (Å²) >= 11 is 0. The molecule has 0 unspecified atom stereocenters. The van der Waals surface area contributed by atoms with Crippen molar-refractivity contribution in [3.05, 3.63) is 23.5 Å². The van der Waals surface area contributed by atoms with Crippen LogP contribution >= 0.6 is 0 Å². The van der Waals surface area contributed by atoms with Gasteiger partial charge in [0, 0.05) is 0 Å². The molecular formula is C8H8N2O3. The zero-order chi connectivity index (χ0) is 9.84. The van der Waals surface area contributed by atoms with Crippen LogP contribution in [0.5, 0.6) is 0 Å². The standard InChI is InChI=1S/C8H8N2O3/c1-13-8(12)6-3-2-5(9)7(4-11)10-6/h2-4H,9H2,1H3. The van der Waals surface area contributed by atoms with E-state index in [9.17, 15) is 9.59 Å². The first-order valence-corrected chi connectivity index (χ1v) is 3.49. The number of rotatable bonds is 2. The smallest absolute Gasteiger partial charge is 0.356 e. The Morgan fingerprint density at radius 3 is 2.85 bits per heavy atom. The molecule has 68 valence electrons. The molecule has 0 aliphatic heterocycles. The molecule has 0 saturated carbocycles. The number of anilines is 1. The van der Waals surface area contributed by atoms with Gasteiger partial charge in [-0.05, 0) is 12.1 Å². The molecule has 2 N–H and O–H groups in total. The lowest BCUT2D eigenvalue weighted by molar-refractivity contribution is 0.0594. The highest BCUT2D eigenvalue weighted by Gasteiger charge is 2.09. The van der Waals surface area contributed by atoms with Gasteiger partial charge >= 0.3 is 5.97 Å². The first kappa shape index (κ1) is 9.18. The van der Waals surface area contributed by atoms with E-state index in [1.54, 1.807) is 0 Å². The van der Waals surface area contributed by atoms with Gasteiger partial charge in [0.15, 0.2) is 6.29 Å². The van der Waals surface area contributed by atoms with Crippen LogP contribution in [0.4, 0.5) is 5.69 Å². The van der Waals surface area contributed by atoms with Crippen molar-refractivity contribution < 1.29 is 14.3 Å². The summed E-state index contributed by atoms with van der Waals surface area (Å²) in [5.41, 5.74) is 5.75. The summed E-state index contributed by atoms with van der Waals surface area (Å²) in [6.07, 6.45) is 0.488. The Bertz CT molecular complexity index is 349. The minimum Gasteiger partial charge on any atom is -0.464 e. The number of nitrogens with zero attached hydrogens (tertiary/aromatic N) is 1. The first-order valence-electron chi connectivity index (χ1n) is 3.49. The molecule has 1 heterocycles. The van der Waals surface area contributed by atoms with E-state index in [2.05, 4.69) is 9.72 Å². The summed E-state index contributed by atoms with van der Waals surface area (Å²) < 4.78 is 4.42. The lowest BCUT2D eigenvalue weighted by atomic mass is 10.2. The molecule has 0 spiro atoms. The van der Waals surface area contributed by atoms with Gasteiger partial charge in [0.25, 0.3) is 0 Å². The van der Waals surface area contributed by atoms with Crippen LogP contribution in [0.15, 0.2) is 12.1 Å². The van der Waals surface area contributed by atoms with Gasteiger partial charge < -0.3 is 10.5 Å². The van der Waals surface area contributed by atoms with Crippen LogP contribution in [0.25, 0.3) is 0 Å². The van der Waals surface area contributed by atoms with Gasteiger partial charge in [-0.3, -0.25) is 4.79 Å². The number of hydrogen-bond acceptors (Lipinski definition) is 5. The molecule has 0 atom stereocenters. The molecule has 1 aromatic rings. The molecule has 5 nitrogen and oxygen atoms in total. The second-order valence-electron chi connectivity index (χ2n) is 2.28. The number of aromatic nitrogens is 1. The van der Waals surface area contributed by atoms with Crippen molar-refractivity contribution in [2.45, 2.75) is 0 Å². The third kappa shape index (κ3) is 1.81. The topological polar surface area (TPSA) is 82.3 Å². The van der Waals surface area contributed by atoms with E-state index in [-0.39, 0.29) is 17.1 Å². The predicted molar refractivity (Wildman–Crippen MR) is 45.4 cm³/mol. The molecule has 1 aromatic heterocycles. The van der Waals surface area contributed by atoms with Gasteiger partial charge in [0.2, 0.25) is 0 Å². The minimum atomic E-state index is -0.594.